The Balaban J connectivity index is 1.59. The summed E-state index contributed by atoms with van der Waals surface area (Å²) in [6, 6.07) is 19.9. The third-order valence-corrected chi connectivity index (χ3v) is 5.94. The van der Waals surface area contributed by atoms with Gasteiger partial charge in [-0.1, -0.05) is 30.3 Å². The number of carbonyl (C=O) groups is 1. The van der Waals surface area contributed by atoms with Crippen LogP contribution in [-0.4, -0.2) is 15.8 Å². The van der Waals surface area contributed by atoms with E-state index in [0.717, 1.165) is 10.2 Å². The average molecular weight is 443 g/mol. The predicted octanol–water partition coefficient (Wildman–Crippen LogP) is 5.23. The lowest BCUT2D eigenvalue weighted by atomic mass is 10.1. The second-order valence-corrected chi connectivity index (χ2v) is 7.94. The number of fused-ring (bicyclic) bond motifs is 2. The first-order valence-corrected chi connectivity index (χ1v) is 10.3. The summed E-state index contributed by atoms with van der Waals surface area (Å²) in [5, 5.41) is 15.1. The van der Waals surface area contributed by atoms with Gasteiger partial charge in [-0.2, -0.15) is 0 Å². The highest BCUT2D eigenvalue weighted by Crippen LogP contribution is 2.36. The van der Waals surface area contributed by atoms with Crippen LogP contribution in [0.3, 0.4) is 0 Å². The van der Waals surface area contributed by atoms with Crippen molar-refractivity contribution in [2.75, 3.05) is 5.32 Å². The molecule has 0 aliphatic carbocycles. The standard InChI is InChI=1S/C23H13N3O5S/c27-21(16-11-13-5-1-3-7-19(13)31-23(16)28)24-18-12-14(26(29)30)9-10-15(18)22-25-17-6-2-4-8-20(17)32-22/h1-12H,(H,24,27). The minimum atomic E-state index is -0.798. The number of hydrogen-bond donors (Lipinski definition) is 1. The van der Waals surface area contributed by atoms with Crippen LogP contribution in [0.4, 0.5) is 11.4 Å². The van der Waals surface area contributed by atoms with E-state index in [4.69, 9.17) is 4.42 Å². The number of para-hydroxylation sites is 2. The van der Waals surface area contributed by atoms with Crippen molar-refractivity contribution < 1.29 is 14.1 Å². The molecule has 1 N–H and O–H groups in total. The summed E-state index contributed by atoms with van der Waals surface area (Å²) in [5.41, 5.74) is 0.623. The van der Waals surface area contributed by atoms with E-state index in [9.17, 15) is 19.7 Å². The quantitative estimate of drug-likeness (QED) is 0.231. The fourth-order valence-electron chi connectivity index (χ4n) is 3.33. The van der Waals surface area contributed by atoms with Crippen molar-refractivity contribution in [2.45, 2.75) is 0 Å². The van der Waals surface area contributed by atoms with Crippen molar-refractivity contribution in [3.63, 3.8) is 0 Å². The maximum atomic E-state index is 13.0. The molecule has 0 atom stereocenters. The van der Waals surface area contributed by atoms with Crippen LogP contribution in [-0.2, 0) is 0 Å². The maximum absolute atomic E-state index is 13.0. The van der Waals surface area contributed by atoms with E-state index in [-0.39, 0.29) is 16.9 Å². The highest BCUT2D eigenvalue weighted by Gasteiger charge is 2.20. The Labute approximate surface area is 183 Å². The molecule has 9 heteroatoms. The van der Waals surface area contributed by atoms with Crippen LogP contribution in [0, 0.1) is 10.1 Å². The van der Waals surface area contributed by atoms with Crippen LogP contribution in [0.5, 0.6) is 0 Å². The lowest BCUT2D eigenvalue weighted by Crippen LogP contribution is -2.21. The largest absolute Gasteiger partial charge is 0.422 e. The van der Waals surface area contributed by atoms with Crippen molar-refractivity contribution >= 4 is 49.8 Å². The predicted molar refractivity (Wildman–Crippen MR) is 122 cm³/mol. The van der Waals surface area contributed by atoms with Crippen LogP contribution < -0.4 is 10.9 Å². The zero-order valence-corrected chi connectivity index (χ0v) is 17.1. The number of anilines is 1. The van der Waals surface area contributed by atoms with E-state index in [2.05, 4.69) is 10.3 Å². The fraction of sp³-hybridized carbons (Fsp3) is 0. The zero-order valence-electron chi connectivity index (χ0n) is 16.3. The number of nitro groups is 1. The molecular weight excluding hydrogens is 430 g/mol. The summed E-state index contributed by atoms with van der Waals surface area (Å²) in [5.74, 6) is -0.729. The summed E-state index contributed by atoms with van der Waals surface area (Å²) in [7, 11) is 0. The Bertz CT molecular complexity index is 1550. The molecule has 0 saturated heterocycles. The topological polar surface area (TPSA) is 115 Å². The van der Waals surface area contributed by atoms with Gasteiger partial charge in [-0.05, 0) is 30.3 Å². The van der Waals surface area contributed by atoms with E-state index >= 15 is 0 Å². The molecule has 0 fully saturated rings. The van der Waals surface area contributed by atoms with E-state index in [1.807, 2.05) is 24.3 Å². The highest BCUT2D eigenvalue weighted by atomic mass is 32.1. The second kappa shape index (κ2) is 7.71. The van der Waals surface area contributed by atoms with Gasteiger partial charge in [-0.15, -0.1) is 11.3 Å². The number of aromatic nitrogens is 1. The van der Waals surface area contributed by atoms with Crippen LogP contribution >= 0.6 is 11.3 Å². The molecule has 0 aliphatic heterocycles. The van der Waals surface area contributed by atoms with E-state index < -0.39 is 16.5 Å². The Hall–Kier alpha value is -4.37. The molecule has 8 nitrogen and oxygen atoms in total. The second-order valence-electron chi connectivity index (χ2n) is 6.91. The maximum Gasteiger partial charge on any atom is 0.349 e. The number of nitrogens with one attached hydrogen (secondary N) is 1. The average Bonchev–Trinajstić information content (AvgIpc) is 3.22. The first-order chi connectivity index (χ1) is 15.5. The van der Waals surface area contributed by atoms with Crippen molar-refractivity contribution in [2.24, 2.45) is 0 Å². The number of benzene rings is 3. The SMILES string of the molecule is O=C(Nc1cc([N+](=O)[O-])ccc1-c1nc2ccccc2s1)c1cc2ccccc2oc1=O. The van der Waals surface area contributed by atoms with E-state index in [1.165, 1.54) is 35.6 Å². The Morgan fingerprint density at radius 1 is 1.03 bits per heavy atom. The van der Waals surface area contributed by atoms with Crippen LogP contribution in [0.25, 0.3) is 31.8 Å². The van der Waals surface area contributed by atoms with Gasteiger partial charge in [0.25, 0.3) is 11.6 Å². The number of rotatable bonds is 4. The Morgan fingerprint density at radius 2 is 1.81 bits per heavy atom. The first kappa shape index (κ1) is 19.6. The lowest BCUT2D eigenvalue weighted by Gasteiger charge is -2.09. The normalized spacial score (nSPS) is 11.0. The van der Waals surface area contributed by atoms with Crippen LogP contribution in [0.2, 0.25) is 0 Å². The monoisotopic (exact) mass is 443 g/mol. The van der Waals surface area contributed by atoms with E-state index in [1.54, 1.807) is 24.3 Å². The minimum absolute atomic E-state index is 0.177. The molecule has 3 aromatic carbocycles. The molecule has 0 saturated carbocycles. The number of carbonyl (C=O) groups excluding carboxylic acids is 1. The summed E-state index contributed by atoms with van der Waals surface area (Å²) >= 11 is 1.39. The number of amides is 1. The van der Waals surface area contributed by atoms with Crippen molar-refractivity contribution in [3.05, 3.63) is 98.9 Å². The molecule has 5 aromatic rings. The molecule has 156 valence electrons. The third-order valence-electron chi connectivity index (χ3n) is 4.87. The smallest absolute Gasteiger partial charge is 0.349 e. The van der Waals surface area contributed by atoms with Crippen molar-refractivity contribution in [1.82, 2.24) is 4.98 Å². The Kier molecular flexibility index (Phi) is 4.72. The summed E-state index contributed by atoms with van der Waals surface area (Å²) in [6.07, 6.45) is 0. The first-order valence-electron chi connectivity index (χ1n) is 9.48. The molecule has 32 heavy (non-hydrogen) atoms. The van der Waals surface area contributed by atoms with Gasteiger partial charge >= 0.3 is 5.63 Å². The van der Waals surface area contributed by atoms with Gasteiger partial charge in [0.05, 0.1) is 20.8 Å². The summed E-state index contributed by atoms with van der Waals surface area (Å²) in [4.78, 5) is 40.7. The van der Waals surface area contributed by atoms with Gasteiger partial charge < -0.3 is 9.73 Å². The number of hydrogen-bond acceptors (Lipinski definition) is 7. The van der Waals surface area contributed by atoms with Gasteiger partial charge in [0.2, 0.25) is 0 Å². The van der Waals surface area contributed by atoms with Crippen molar-refractivity contribution in [1.29, 1.82) is 0 Å². The minimum Gasteiger partial charge on any atom is -0.422 e. The molecule has 0 aliphatic rings. The number of nitrogens with zero attached hydrogens (tertiary/aromatic N) is 2. The van der Waals surface area contributed by atoms with Gasteiger partial charge in [-0.25, -0.2) is 9.78 Å². The van der Waals surface area contributed by atoms with Gasteiger partial charge in [0.15, 0.2) is 0 Å². The molecular formula is C23H13N3O5S. The molecule has 0 spiro atoms. The van der Waals surface area contributed by atoms with Crippen molar-refractivity contribution in [3.8, 4) is 10.6 Å². The van der Waals surface area contributed by atoms with Crippen LogP contribution in [0.1, 0.15) is 10.4 Å². The van der Waals surface area contributed by atoms with Gasteiger partial charge in [0, 0.05) is 23.1 Å². The van der Waals surface area contributed by atoms with Gasteiger partial charge in [-0.3, -0.25) is 14.9 Å². The Morgan fingerprint density at radius 3 is 2.62 bits per heavy atom. The van der Waals surface area contributed by atoms with Gasteiger partial charge in [0.1, 0.15) is 16.2 Å². The number of non-ortho nitro benzene ring substituents is 1. The molecule has 1 amide bonds. The lowest BCUT2D eigenvalue weighted by molar-refractivity contribution is -0.384. The molecule has 0 bridgehead atoms. The summed E-state index contributed by atoms with van der Waals surface area (Å²) in [6.45, 7) is 0. The zero-order chi connectivity index (χ0) is 22.2. The number of thiazole rings is 1. The fourth-order valence-corrected chi connectivity index (χ4v) is 4.34. The molecule has 5 rings (SSSR count). The third kappa shape index (κ3) is 3.50. The van der Waals surface area contributed by atoms with E-state index in [0.29, 0.717) is 21.5 Å². The highest BCUT2D eigenvalue weighted by molar-refractivity contribution is 7.21. The molecule has 0 unspecified atom stereocenters. The number of nitro benzene ring substituents is 1. The molecule has 2 heterocycles. The molecule has 0 radical (unpaired) electrons. The van der Waals surface area contributed by atoms with Crippen LogP contribution in [0.15, 0.2) is 82.0 Å². The summed E-state index contributed by atoms with van der Waals surface area (Å²) < 4.78 is 6.17. The molecule has 2 aromatic heterocycles.